The Morgan fingerprint density at radius 3 is 1.62 bits per heavy atom. The molecule has 0 aromatic heterocycles. The molecule has 3 N–H and O–H groups in total. The molecule has 3 nitrogen and oxygen atoms in total. The molecule has 0 amide bonds. The van der Waals surface area contributed by atoms with Crippen molar-refractivity contribution in [2.45, 2.75) is 24.6 Å². The highest BCUT2D eigenvalue weighted by Crippen LogP contribution is 2.23. The molecule has 0 saturated carbocycles. The minimum atomic E-state index is -0.842. The van der Waals surface area contributed by atoms with Crippen LogP contribution in [0.1, 0.15) is 22.7 Å². The molecule has 0 unspecified atom stereocenters. The molecule has 3 heteroatoms. The van der Waals surface area contributed by atoms with Crippen molar-refractivity contribution in [3.63, 3.8) is 0 Å². The van der Waals surface area contributed by atoms with Gasteiger partial charge in [0.1, 0.15) is 0 Å². The first kappa shape index (κ1) is 18.3. The van der Waals surface area contributed by atoms with E-state index >= 15 is 0 Å². The first-order chi connectivity index (χ1) is 12.8. The summed E-state index contributed by atoms with van der Waals surface area (Å²) in [5.41, 5.74) is 3.38. The van der Waals surface area contributed by atoms with Gasteiger partial charge in [-0.05, 0) is 23.1 Å². The van der Waals surface area contributed by atoms with E-state index in [1.807, 2.05) is 66.7 Å². The van der Waals surface area contributed by atoms with Crippen LogP contribution >= 0.6 is 0 Å². The summed E-state index contributed by atoms with van der Waals surface area (Å²) in [7, 11) is 0. The maximum atomic E-state index is 10.4. The normalized spacial score (nSPS) is 13.5. The summed E-state index contributed by atoms with van der Waals surface area (Å²) >= 11 is 0. The van der Waals surface area contributed by atoms with Crippen molar-refractivity contribution in [2.75, 3.05) is 6.61 Å². The number of rotatable bonds is 8. The van der Waals surface area contributed by atoms with E-state index in [0.29, 0.717) is 6.42 Å². The van der Waals surface area contributed by atoms with Gasteiger partial charge in [-0.15, -0.1) is 0 Å². The van der Waals surface area contributed by atoms with Crippen LogP contribution in [0.4, 0.5) is 0 Å². The predicted octanol–water partition coefficient (Wildman–Crippen LogP) is 3.33. The number of nitrogens with one attached hydrogen (secondary N) is 1. The molecule has 134 valence electrons. The second-order valence-corrected chi connectivity index (χ2v) is 6.47. The van der Waals surface area contributed by atoms with Crippen LogP contribution in [-0.4, -0.2) is 29.0 Å². The zero-order valence-corrected chi connectivity index (χ0v) is 14.7. The van der Waals surface area contributed by atoms with Crippen LogP contribution in [0.25, 0.3) is 0 Å². The molecule has 0 aliphatic carbocycles. The van der Waals surface area contributed by atoms with E-state index in [-0.39, 0.29) is 18.7 Å². The van der Waals surface area contributed by atoms with Crippen molar-refractivity contribution in [3.05, 3.63) is 108 Å². The highest BCUT2D eigenvalue weighted by Gasteiger charge is 2.24. The summed E-state index contributed by atoms with van der Waals surface area (Å²) in [5.74, 6) is 0. The molecule has 0 spiro atoms. The highest BCUT2D eigenvalue weighted by atomic mass is 16.3. The Labute approximate surface area is 155 Å². The van der Waals surface area contributed by atoms with Crippen LogP contribution in [0.15, 0.2) is 91.0 Å². The average molecular weight is 347 g/mol. The standard InChI is InChI=1S/C23H25NO2/c25-17-22(26)21(16-18-10-4-1-5-11-18)24-23(19-12-6-2-7-13-19)20-14-8-3-9-15-20/h1-15,21-26H,16-17H2/t21-,22+/m0/s1. The lowest BCUT2D eigenvalue weighted by Gasteiger charge is -2.29. The van der Waals surface area contributed by atoms with Crippen LogP contribution in [0, 0.1) is 0 Å². The third-order valence-corrected chi connectivity index (χ3v) is 4.60. The third-order valence-electron chi connectivity index (χ3n) is 4.60. The number of hydrogen-bond acceptors (Lipinski definition) is 3. The zero-order valence-electron chi connectivity index (χ0n) is 14.7. The molecule has 0 heterocycles. The van der Waals surface area contributed by atoms with Gasteiger partial charge in [0.15, 0.2) is 0 Å². The molecule has 3 rings (SSSR count). The summed E-state index contributed by atoms with van der Waals surface area (Å²) < 4.78 is 0. The Morgan fingerprint density at radius 2 is 1.15 bits per heavy atom. The lowest BCUT2D eigenvalue weighted by Crippen LogP contribution is -2.45. The van der Waals surface area contributed by atoms with Gasteiger partial charge in [0, 0.05) is 6.04 Å². The Bertz CT molecular complexity index is 722. The number of aliphatic hydroxyl groups excluding tert-OH is 2. The molecule has 0 aliphatic heterocycles. The maximum Gasteiger partial charge on any atom is 0.0926 e. The van der Waals surface area contributed by atoms with E-state index < -0.39 is 6.10 Å². The Balaban J connectivity index is 1.89. The zero-order chi connectivity index (χ0) is 18.2. The number of aliphatic hydroxyl groups is 2. The van der Waals surface area contributed by atoms with E-state index in [9.17, 15) is 10.2 Å². The van der Waals surface area contributed by atoms with Gasteiger partial charge in [-0.25, -0.2) is 0 Å². The van der Waals surface area contributed by atoms with Gasteiger partial charge in [-0.1, -0.05) is 91.0 Å². The molecule has 0 radical (unpaired) electrons. The smallest absolute Gasteiger partial charge is 0.0926 e. The second-order valence-electron chi connectivity index (χ2n) is 6.47. The molecular formula is C23H25NO2. The molecule has 0 bridgehead atoms. The van der Waals surface area contributed by atoms with Crippen molar-refractivity contribution < 1.29 is 10.2 Å². The molecule has 0 saturated heterocycles. The lowest BCUT2D eigenvalue weighted by atomic mass is 9.94. The first-order valence-electron chi connectivity index (χ1n) is 8.96. The number of benzene rings is 3. The fourth-order valence-corrected chi connectivity index (χ4v) is 3.19. The molecular weight excluding hydrogens is 322 g/mol. The van der Waals surface area contributed by atoms with Crippen molar-refractivity contribution in [3.8, 4) is 0 Å². The summed E-state index contributed by atoms with van der Waals surface area (Å²) in [6.07, 6.45) is -0.205. The van der Waals surface area contributed by atoms with Crippen molar-refractivity contribution in [2.24, 2.45) is 0 Å². The van der Waals surface area contributed by atoms with Crippen molar-refractivity contribution in [1.82, 2.24) is 5.32 Å². The van der Waals surface area contributed by atoms with Gasteiger partial charge in [-0.3, -0.25) is 0 Å². The van der Waals surface area contributed by atoms with Crippen molar-refractivity contribution in [1.29, 1.82) is 0 Å². The van der Waals surface area contributed by atoms with E-state index in [4.69, 9.17) is 0 Å². The molecule has 0 fully saturated rings. The Hall–Kier alpha value is -2.46. The summed E-state index contributed by atoms with van der Waals surface area (Å²) in [6, 6.07) is 30.1. The quantitative estimate of drug-likeness (QED) is 0.586. The van der Waals surface area contributed by atoms with E-state index in [1.165, 1.54) is 0 Å². The monoisotopic (exact) mass is 347 g/mol. The SMILES string of the molecule is OC[C@@H](O)[C@H](Cc1ccccc1)NC(c1ccccc1)c1ccccc1. The third kappa shape index (κ3) is 4.79. The Morgan fingerprint density at radius 1 is 0.692 bits per heavy atom. The maximum absolute atomic E-state index is 10.4. The average Bonchev–Trinajstić information content (AvgIpc) is 2.72. The highest BCUT2D eigenvalue weighted by molar-refractivity contribution is 5.32. The predicted molar refractivity (Wildman–Crippen MR) is 105 cm³/mol. The van der Waals surface area contributed by atoms with Crippen LogP contribution in [0.3, 0.4) is 0 Å². The van der Waals surface area contributed by atoms with E-state index in [2.05, 4.69) is 29.6 Å². The van der Waals surface area contributed by atoms with Crippen LogP contribution in [-0.2, 0) is 6.42 Å². The van der Waals surface area contributed by atoms with Gasteiger partial charge in [0.2, 0.25) is 0 Å². The van der Waals surface area contributed by atoms with E-state index in [0.717, 1.165) is 16.7 Å². The molecule has 26 heavy (non-hydrogen) atoms. The van der Waals surface area contributed by atoms with Gasteiger partial charge < -0.3 is 15.5 Å². The summed E-state index contributed by atoms with van der Waals surface area (Å²) in [4.78, 5) is 0. The molecule has 2 atom stereocenters. The molecule has 0 aliphatic rings. The minimum absolute atomic E-state index is 0.0627. The van der Waals surface area contributed by atoms with Crippen LogP contribution < -0.4 is 5.32 Å². The second kappa shape index (κ2) is 9.30. The van der Waals surface area contributed by atoms with E-state index in [1.54, 1.807) is 0 Å². The van der Waals surface area contributed by atoms with Gasteiger partial charge >= 0.3 is 0 Å². The molecule has 3 aromatic carbocycles. The fraction of sp³-hybridized carbons (Fsp3) is 0.217. The van der Waals surface area contributed by atoms with Gasteiger partial charge in [-0.2, -0.15) is 0 Å². The summed E-state index contributed by atoms with van der Waals surface area (Å²) in [6.45, 7) is -0.277. The van der Waals surface area contributed by atoms with Crippen molar-refractivity contribution >= 4 is 0 Å². The van der Waals surface area contributed by atoms with Crippen LogP contribution in [0.5, 0.6) is 0 Å². The Kier molecular flexibility index (Phi) is 6.56. The summed E-state index contributed by atoms with van der Waals surface area (Å²) in [5, 5.41) is 23.5. The number of hydrogen-bond donors (Lipinski definition) is 3. The van der Waals surface area contributed by atoms with Gasteiger partial charge in [0.05, 0.1) is 18.8 Å². The minimum Gasteiger partial charge on any atom is -0.394 e. The first-order valence-corrected chi connectivity index (χ1v) is 8.96. The topological polar surface area (TPSA) is 52.5 Å². The van der Waals surface area contributed by atoms with Crippen LogP contribution in [0.2, 0.25) is 0 Å². The molecule has 3 aromatic rings. The van der Waals surface area contributed by atoms with Gasteiger partial charge in [0.25, 0.3) is 0 Å². The lowest BCUT2D eigenvalue weighted by molar-refractivity contribution is 0.0602. The largest absolute Gasteiger partial charge is 0.394 e. The fourth-order valence-electron chi connectivity index (χ4n) is 3.19.